The molecule has 0 fully saturated rings. The zero-order valence-corrected chi connectivity index (χ0v) is 15.1. The van der Waals surface area contributed by atoms with Crippen LogP contribution >= 0.6 is 11.6 Å². The van der Waals surface area contributed by atoms with E-state index in [9.17, 15) is 5.11 Å². The molecule has 0 bridgehead atoms. The van der Waals surface area contributed by atoms with Gasteiger partial charge >= 0.3 is 7.48 Å². The maximum atomic E-state index is 10.3. The lowest BCUT2D eigenvalue weighted by atomic mass is 9.80. The zero-order chi connectivity index (χ0) is 17.5. The van der Waals surface area contributed by atoms with Crippen molar-refractivity contribution in [2.24, 2.45) is 0 Å². The summed E-state index contributed by atoms with van der Waals surface area (Å²) in [6.45, 7) is 7.42. The molecule has 0 spiro atoms. The predicted octanol–water partition coefficient (Wildman–Crippen LogP) is 4.44. The monoisotopic (exact) mass is 343 g/mol. The molecule has 2 aromatic carbocycles. The van der Waals surface area contributed by atoms with Crippen molar-refractivity contribution in [1.29, 1.82) is 0 Å². The summed E-state index contributed by atoms with van der Waals surface area (Å²) in [6, 6.07) is 11.5. The summed E-state index contributed by atoms with van der Waals surface area (Å²) in [5.41, 5.74) is 0.790. The summed E-state index contributed by atoms with van der Waals surface area (Å²) < 4.78 is 11.8. The van der Waals surface area contributed by atoms with Crippen LogP contribution in [-0.2, 0) is 4.65 Å². The van der Waals surface area contributed by atoms with Gasteiger partial charge in [0.1, 0.15) is 11.2 Å². The van der Waals surface area contributed by atoms with E-state index < -0.39 is 11.2 Å². The van der Waals surface area contributed by atoms with Gasteiger partial charge in [-0.15, -0.1) is 0 Å². The minimum atomic E-state index is -0.949. The first-order valence-electron chi connectivity index (χ1n) is 8.09. The van der Waals surface area contributed by atoms with E-state index in [0.717, 1.165) is 27.4 Å². The van der Waals surface area contributed by atoms with Gasteiger partial charge in [-0.25, -0.2) is 0 Å². The number of aliphatic hydroxyl groups is 1. The Morgan fingerprint density at radius 3 is 2.58 bits per heavy atom. The van der Waals surface area contributed by atoms with Crippen LogP contribution in [-0.4, -0.2) is 23.8 Å². The first-order chi connectivity index (χ1) is 11.2. The molecule has 125 valence electrons. The lowest BCUT2D eigenvalue weighted by molar-refractivity contribution is -0.103. The first kappa shape index (κ1) is 17.3. The minimum absolute atomic E-state index is 0.668. The molecular formula is C19H21BClO3. The van der Waals surface area contributed by atoms with E-state index in [2.05, 4.69) is 0 Å². The molecule has 0 aliphatic carbocycles. The van der Waals surface area contributed by atoms with Gasteiger partial charge in [0.15, 0.2) is 0 Å². The summed E-state index contributed by atoms with van der Waals surface area (Å²) >= 11 is 6.29. The van der Waals surface area contributed by atoms with Crippen molar-refractivity contribution in [3.63, 3.8) is 0 Å². The average molecular weight is 344 g/mol. The smallest absolute Gasteiger partial charge is 0.331 e. The second-order valence-electron chi connectivity index (χ2n) is 6.85. The van der Waals surface area contributed by atoms with Crippen LogP contribution in [0.15, 0.2) is 40.8 Å². The van der Waals surface area contributed by atoms with E-state index >= 15 is 0 Å². The van der Waals surface area contributed by atoms with Crippen molar-refractivity contribution in [2.75, 3.05) is 0 Å². The number of benzene rings is 2. The molecule has 1 aromatic heterocycles. The molecule has 24 heavy (non-hydrogen) atoms. The fourth-order valence-electron chi connectivity index (χ4n) is 2.73. The van der Waals surface area contributed by atoms with Gasteiger partial charge < -0.3 is 14.2 Å². The minimum Gasteiger partial charge on any atom is -0.456 e. The van der Waals surface area contributed by atoms with Gasteiger partial charge in [0.25, 0.3) is 0 Å². The van der Waals surface area contributed by atoms with E-state index in [1.54, 1.807) is 21.3 Å². The number of fused-ring (bicyclic) bond motifs is 3. The van der Waals surface area contributed by atoms with Crippen molar-refractivity contribution < 1.29 is 14.2 Å². The van der Waals surface area contributed by atoms with Gasteiger partial charge in [0.05, 0.1) is 16.2 Å². The first-order valence-corrected chi connectivity index (χ1v) is 8.47. The van der Waals surface area contributed by atoms with Gasteiger partial charge in [0.2, 0.25) is 0 Å². The third-order valence-corrected chi connectivity index (χ3v) is 5.21. The lowest BCUT2D eigenvalue weighted by Crippen LogP contribution is -2.51. The maximum absolute atomic E-state index is 10.3. The van der Waals surface area contributed by atoms with Crippen LogP contribution in [0.1, 0.15) is 34.1 Å². The molecule has 3 aromatic rings. The van der Waals surface area contributed by atoms with Crippen LogP contribution < -0.4 is 5.46 Å². The molecule has 0 aliphatic rings. The SMILES string of the molecule is CCC(C)(O[B]c1ccc2c(c1)oc1cccc(Cl)c12)C(C)(C)O. The van der Waals surface area contributed by atoms with Gasteiger partial charge in [0, 0.05) is 10.8 Å². The van der Waals surface area contributed by atoms with E-state index in [1.807, 2.05) is 50.2 Å². The third-order valence-electron chi connectivity index (χ3n) is 4.89. The maximum Gasteiger partial charge on any atom is 0.331 e. The van der Waals surface area contributed by atoms with E-state index in [1.165, 1.54) is 0 Å². The van der Waals surface area contributed by atoms with E-state index in [0.29, 0.717) is 11.4 Å². The number of hydrogen-bond acceptors (Lipinski definition) is 3. The highest BCUT2D eigenvalue weighted by atomic mass is 35.5. The number of halogens is 1. The van der Waals surface area contributed by atoms with Crippen molar-refractivity contribution in [1.82, 2.24) is 0 Å². The standard InChI is InChI=1S/C19H21BClO3/c1-5-19(4,18(2,3)22)24-20-12-9-10-13-16(11-12)23-15-8-6-7-14(21)17(13)15/h6-11,22H,5H2,1-4H3. The Morgan fingerprint density at radius 1 is 1.17 bits per heavy atom. The molecule has 1 N–H and O–H groups in total. The predicted molar refractivity (Wildman–Crippen MR) is 100 cm³/mol. The molecule has 1 radical (unpaired) electrons. The van der Waals surface area contributed by atoms with Gasteiger partial charge in [-0.05, 0) is 50.9 Å². The molecule has 1 heterocycles. The molecule has 5 heteroatoms. The molecule has 0 saturated heterocycles. The Kier molecular flexibility index (Phi) is 4.41. The number of rotatable bonds is 5. The van der Waals surface area contributed by atoms with Crippen LogP contribution in [0.4, 0.5) is 0 Å². The van der Waals surface area contributed by atoms with Crippen molar-refractivity contribution in [3.05, 3.63) is 41.4 Å². The van der Waals surface area contributed by atoms with Crippen LogP contribution in [0.5, 0.6) is 0 Å². The summed E-state index contributed by atoms with van der Waals surface area (Å²) in [7, 11) is 1.68. The zero-order valence-electron chi connectivity index (χ0n) is 14.4. The summed E-state index contributed by atoms with van der Waals surface area (Å²) in [5, 5.41) is 12.9. The third kappa shape index (κ3) is 2.94. The Morgan fingerprint density at radius 2 is 1.92 bits per heavy atom. The lowest BCUT2D eigenvalue weighted by Gasteiger charge is -2.40. The van der Waals surface area contributed by atoms with Crippen LogP contribution in [0.2, 0.25) is 5.02 Å². The normalized spacial score (nSPS) is 14.9. The highest BCUT2D eigenvalue weighted by Gasteiger charge is 2.38. The molecule has 3 rings (SSSR count). The van der Waals surface area contributed by atoms with Gasteiger partial charge in [-0.3, -0.25) is 0 Å². The Bertz CT molecular complexity index is 881. The highest BCUT2D eigenvalue weighted by Crippen LogP contribution is 2.33. The van der Waals surface area contributed by atoms with Crippen LogP contribution in [0, 0.1) is 0 Å². The van der Waals surface area contributed by atoms with E-state index in [-0.39, 0.29) is 0 Å². The highest BCUT2D eigenvalue weighted by molar-refractivity contribution is 6.47. The molecule has 0 saturated carbocycles. The fraction of sp³-hybridized carbons (Fsp3) is 0.368. The molecule has 3 nitrogen and oxygen atoms in total. The Balaban J connectivity index is 1.92. The molecular weight excluding hydrogens is 322 g/mol. The van der Waals surface area contributed by atoms with Crippen molar-refractivity contribution >= 4 is 46.5 Å². The summed E-state index contributed by atoms with van der Waals surface area (Å²) in [6.07, 6.45) is 0.690. The second-order valence-corrected chi connectivity index (χ2v) is 7.26. The van der Waals surface area contributed by atoms with Crippen LogP contribution in [0.3, 0.4) is 0 Å². The Hall–Kier alpha value is -1.49. The topological polar surface area (TPSA) is 42.6 Å². The van der Waals surface area contributed by atoms with E-state index in [4.69, 9.17) is 20.7 Å². The average Bonchev–Trinajstić information content (AvgIpc) is 2.90. The van der Waals surface area contributed by atoms with Crippen molar-refractivity contribution in [3.8, 4) is 0 Å². The second kappa shape index (κ2) is 6.10. The number of furan rings is 1. The summed E-state index contributed by atoms with van der Waals surface area (Å²) in [5.74, 6) is 0. The molecule has 1 atom stereocenters. The quantitative estimate of drug-likeness (QED) is 0.696. The molecule has 1 unspecified atom stereocenters. The van der Waals surface area contributed by atoms with Crippen molar-refractivity contribution in [2.45, 2.75) is 45.3 Å². The Labute approximate surface area is 147 Å². The molecule has 0 amide bonds. The molecule has 0 aliphatic heterocycles. The summed E-state index contributed by atoms with van der Waals surface area (Å²) in [4.78, 5) is 0. The van der Waals surface area contributed by atoms with Gasteiger partial charge in [-0.1, -0.05) is 36.7 Å². The largest absolute Gasteiger partial charge is 0.456 e. The number of hydrogen-bond donors (Lipinski definition) is 1. The fourth-order valence-corrected chi connectivity index (χ4v) is 3.00. The van der Waals surface area contributed by atoms with Gasteiger partial charge in [-0.2, -0.15) is 0 Å². The van der Waals surface area contributed by atoms with Crippen LogP contribution in [0.25, 0.3) is 21.9 Å².